The minimum atomic E-state index is -1.87. The summed E-state index contributed by atoms with van der Waals surface area (Å²) in [6, 6.07) is 14.6. The zero-order valence-electron chi connectivity index (χ0n) is 17.2. The summed E-state index contributed by atoms with van der Waals surface area (Å²) < 4.78 is 0. The number of nitrogens with one attached hydrogen (secondary N) is 1. The molecule has 7 heteroatoms. The number of carbonyl (C=O) groups excluding carboxylic acids is 2. The molecule has 2 amide bonds. The molecule has 0 aliphatic carbocycles. The Morgan fingerprint density at radius 1 is 1.19 bits per heavy atom. The molecule has 6 nitrogen and oxygen atoms in total. The van der Waals surface area contributed by atoms with Crippen LogP contribution in [0, 0.1) is 18.8 Å². The molecule has 3 N–H and O–H groups in total. The maximum absolute atomic E-state index is 12.8. The quantitative estimate of drug-likeness (QED) is 0.622. The summed E-state index contributed by atoms with van der Waals surface area (Å²) in [4.78, 5) is 26.5. The van der Waals surface area contributed by atoms with E-state index >= 15 is 0 Å². The average molecular weight is 441 g/mol. The molecule has 1 aliphatic heterocycles. The number of benzene rings is 2. The summed E-state index contributed by atoms with van der Waals surface area (Å²) in [7, 11) is 0. The first kappa shape index (κ1) is 22.8. The molecule has 1 saturated heterocycles. The SMILES string of the molecule is Cc1cccc(C2CCCN2C(=O)[C@H](O)[C@@H](O)C(=O)NCC#Cc2ccc(Cl)cc2)c1. The number of aliphatic hydroxyl groups is 2. The van der Waals surface area contributed by atoms with Crippen LogP contribution in [0.3, 0.4) is 0 Å². The zero-order valence-corrected chi connectivity index (χ0v) is 18.0. The Morgan fingerprint density at radius 3 is 2.65 bits per heavy atom. The van der Waals surface area contributed by atoms with Gasteiger partial charge in [0.05, 0.1) is 12.6 Å². The highest BCUT2D eigenvalue weighted by Gasteiger charge is 2.38. The van der Waals surface area contributed by atoms with E-state index in [1.54, 1.807) is 24.3 Å². The van der Waals surface area contributed by atoms with Crippen LogP contribution in [0.2, 0.25) is 5.02 Å². The van der Waals surface area contributed by atoms with E-state index < -0.39 is 24.0 Å². The van der Waals surface area contributed by atoms with Crippen LogP contribution in [0.5, 0.6) is 0 Å². The van der Waals surface area contributed by atoms with Gasteiger partial charge in [-0.25, -0.2) is 0 Å². The Hall–Kier alpha value is -2.85. The van der Waals surface area contributed by atoms with Crippen molar-refractivity contribution < 1.29 is 19.8 Å². The number of rotatable bonds is 5. The lowest BCUT2D eigenvalue weighted by molar-refractivity contribution is -0.153. The molecule has 0 aromatic heterocycles. The van der Waals surface area contributed by atoms with Gasteiger partial charge < -0.3 is 20.4 Å². The summed E-state index contributed by atoms with van der Waals surface area (Å²) in [5.41, 5.74) is 2.79. The lowest BCUT2D eigenvalue weighted by atomic mass is 10.0. The molecule has 1 fully saturated rings. The van der Waals surface area contributed by atoms with Crippen molar-refractivity contribution >= 4 is 23.4 Å². The van der Waals surface area contributed by atoms with E-state index in [1.807, 2.05) is 31.2 Å². The van der Waals surface area contributed by atoms with E-state index in [-0.39, 0.29) is 12.6 Å². The van der Waals surface area contributed by atoms with Crippen LogP contribution < -0.4 is 5.32 Å². The van der Waals surface area contributed by atoms with Gasteiger partial charge in [-0.15, -0.1) is 0 Å². The Morgan fingerprint density at radius 2 is 1.94 bits per heavy atom. The van der Waals surface area contributed by atoms with Gasteiger partial charge in [0.2, 0.25) is 0 Å². The molecule has 31 heavy (non-hydrogen) atoms. The third kappa shape index (κ3) is 5.86. The Kier molecular flexibility index (Phi) is 7.69. The highest BCUT2D eigenvalue weighted by atomic mass is 35.5. The van der Waals surface area contributed by atoms with Crippen LogP contribution in [0.4, 0.5) is 0 Å². The van der Waals surface area contributed by atoms with Crippen LogP contribution in [0.15, 0.2) is 48.5 Å². The van der Waals surface area contributed by atoms with Crippen molar-refractivity contribution in [2.45, 2.75) is 38.0 Å². The predicted octanol–water partition coefficient (Wildman–Crippen LogP) is 2.20. The minimum absolute atomic E-state index is 0.0327. The molecule has 2 aromatic carbocycles. The first-order valence-electron chi connectivity index (χ1n) is 10.1. The normalized spacial score (nSPS) is 17.4. The van der Waals surface area contributed by atoms with Gasteiger partial charge in [-0.05, 0) is 49.6 Å². The fourth-order valence-corrected chi connectivity index (χ4v) is 3.74. The highest BCUT2D eigenvalue weighted by Crippen LogP contribution is 2.33. The number of nitrogens with zero attached hydrogens (tertiary/aromatic N) is 1. The van der Waals surface area contributed by atoms with Gasteiger partial charge in [0, 0.05) is 17.1 Å². The molecule has 3 rings (SSSR count). The van der Waals surface area contributed by atoms with Crippen molar-refractivity contribution in [2.24, 2.45) is 0 Å². The van der Waals surface area contributed by atoms with Crippen LogP contribution in [0.1, 0.15) is 35.6 Å². The molecule has 3 atom stereocenters. The van der Waals surface area contributed by atoms with Crippen LogP contribution in [0.25, 0.3) is 0 Å². The van der Waals surface area contributed by atoms with Crippen molar-refractivity contribution in [1.29, 1.82) is 0 Å². The van der Waals surface area contributed by atoms with E-state index in [2.05, 4.69) is 17.2 Å². The third-order valence-corrected chi connectivity index (χ3v) is 5.46. The summed E-state index contributed by atoms with van der Waals surface area (Å²) in [5, 5.41) is 23.6. The van der Waals surface area contributed by atoms with Gasteiger partial charge in [-0.3, -0.25) is 9.59 Å². The maximum atomic E-state index is 12.8. The number of aryl methyl sites for hydroxylation is 1. The van der Waals surface area contributed by atoms with E-state index in [9.17, 15) is 19.8 Å². The number of likely N-dealkylation sites (tertiary alicyclic amines) is 1. The van der Waals surface area contributed by atoms with Gasteiger partial charge >= 0.3 is 0 Å². The van der Waals surface area contributed by atoms with Gasteiger partial charge in [-0.1, -0.05) is 53.3 Å². The van der Waals surface area contributed by atoms with E-state index in [0.29, 0.717) is 11.6 Å². The molecular weight excluding hydrogens is 416 g/mol. The number of amides is 2. The first-order chi connectivity index (χ1) is 14.9. The standard InChI is InChI=1S/C24H25ClN2O4/c1-16-5-2-7-18(15-16)20-8-4-14-27(20)24(31)22(29)21(28)23(30)26-13-3-6-17-9-11-19(25)12-10-17/h2,5,7,9-12,15,20-22,28-29H,4,8,13-14H2,1H3,(H,26,30)/t20?,21-,22-/m1/s1. The fraction of sp³-hybridized carbons (Fsp3) is 0.333. The smallest absolute Gasteiger partial charge is 0.255 e. The van der Waals surface area contributed by atoms with Crippen molar-refractivity contribution in [1.82, 2.24) is 10.2 Å². The first-order valence-corrected chi connectivity index (χ1v) is 10.5. The molecule has 1 aliphatic rings. The molecular formula is C24H25ClN2O4. The van der Waals surface area contributed by atoms with E-state index in [1.165, 1.54) is 4.90 Å². The molecule has 0 spiro atoms. The van der Waals surface area contributed by atoms with E-state index in [4.69, 9.17) is 11.6 Å². The minimum Gasteiger partial charge on any atom is -0.380 e. The Balaban J connectivity index is 1.57. The molecule has 1 heterocycles. The predicted molar refractivity (Wildman–Crippen MR) is 118 cm³/mol. The molecule has 0 saturated carbocycles. The molecule has 2 aromatic rings. The molecule has 162 valence electrons. The van der Waals surface area contributed by atoms with Gasteiger partial charge in [0.25, 0.3) is 11.8 Å². The van der Waals surface area contributed by atoms with Crippen molar-refractivity contribution in [2.75, 3.05) is 13.1 Å². The van der Waals surface area contributed by atoms with E-state index in [0.717, 1.165) is 29.5 Å². The van der Waals surface area contributed by atoms with Crippen molar-refractivity contribution in [3.05, 3.63) is 70.2 Å². The van der Waals surface area contributed by atoms with Gasteiger partial charge in [0.15, 0.2) is 12.2 Å². The van der Waals surface area contributed by atoms with Crippen molar-refractivity contribution in [3.8, 4) is 11.8 Å². The lowest BCUT2D eigenvalue weighted by Gasteiger charge is -2.28. The van der Waals surface area contributed by atoms with Crippen LogP contribution in [-0.4, -0.2) is 52.2 Å². The van der Waals surface area contributed by atoms with Crippen LogP contribution >= 0.6 is 11.6 Å². The second-order valence-electron chi connectivity index (χ2n) is 7.52. The third-order valence-electron chi connectivity index (χ3n) is 5.21. The lowest BCUT2D eigenvalue weighted by Crippen LogP contribution is -2.50. The number of hydrogen-bond acceptors (Lipinski definition) is 4. The topological polar surface area (TPSA) is 89.9 Å². The highest BCUT2D eigenvalue weighted by molar-refractivity contribution is 6.30. The maximum Gasteiger partial charge on any atom is 0.255 e. The Bertz CT molecular complexity index is 997. The molecule has 0 radical (unpaired) electrons. The zero-order chi connectivity index (χ0) is 22.4. The number of aliphatic hydroxyl groups excluding tert-OH is 2. The number of hydrogen-bond donors (Lipinski definition) is 3. The number of halogens is 1. The number of carbonyl (C=O) groups is 2. The van der Waals surface area contributed by atoms with Gasteiger partial charge in [-0.2, -0.15) is 0 Å². The van der Waals surface area contributed by atoms with Gasteiger partial charge in [0.1, 0.15) is 0 Å². The fourth-order valence-electron chi connectivity index (χ4n) is 3.62. The van der Waals surface area contributed by atoms with Crippen molar-refractivity contribution in [3.63, 3.8) is 0 Å². The summed E-state index contributed by atoms with van der Waals surface area (Å²) in [6.07, 6.45) is -2.15. The molecule has 1 unspecified atom stereocenters. The summed E-state index contributed by atoms with van der Waals surface area (Å²) in [5.74, 6) is 4.10. The Labute approximate surface area is 186 Å². The average Bonchev–Trinajstić information content (AvgIpc) is 3.26. The summed E-state index contributed by atoms with van der Waals surface area (Å²) >= 11 is 5.81. The summed E-state index contributed by atoms with van der Waals surface area (Å²) in [6.45, 7) is 2.41. The second kappa shape index (κ2) is 10.5. The molecule has 0 bridgehead atoms. The van der Waals surface area contributed by atoms with Crippen LogP contribution in [-0.2, 0) is 9.59 Å². The second-order valence-corrected chi connectivity index (χ2v) is 7.96. The largest absolute Gasteiger partial charge is 0.380 e. The monoisotopic (exact) mass is 440 g/mol.